The Morgan fingerprint density at radius 1 is 0.952 bits per heavy atom. The maximum atomic E-state index is 4.19. The van der Waals surface area contributed by atoms with Crippen LogP contribution in [-0.2, 0) is 6.42 Å². The largest absolute Gasteiger partial charge is 0.0911 e. The molecule has 0 aliphatic heterocycles. The first-order valence-electron chi connectivity index (χ1n) is 7.38. The molecule has 0 unspecified atom stereocenters. The number of benzene rings is 3. The normalized spacial score (nSPS) is 12.0. The molecule has 0 saturated heterocycles. The molecule has 0 bridgehead atoms. The van der Waals surface area contributed by atoms with Crippen LogP contribution in [0, 0.1) is 13.8 Å². The Kier molecular flexibility index (Phi) is 3.62. The predicted molar refractivity (Wildman–Crippen MR) is 92.8 cm³/mol. The van der Waals surface area contributed by atoms with Crippen LogP contribution in [0.1, 0.15) is 16.7 Å². The van der Waals surface area contributed by atoms with E-state index in [4.69, 9.17) is 0 Å². The Hall–Kier alpha value is -2.34. The highest BCUT2D eigenvalue weighted by atomic mass is 14.0. The van der Waals surface area contributed by atoms with Gasteiger partial charge in [-0.25, -0.2) is 0 Å². The van der Waals surface area contributed by atoms with E-state index in [9.17, 15) is 0 Å². The van der Waals surface area contributed by atoms with Crippen LogP contribution in [-0.4, -0.2) is 0 Å². The lowest BCUT2D eigenvalue weighted by Gasteiger charge is -2.05. The summed E-state index contributed by atoms with van der Waals surface area (Å²) in [6, 6.07) is 19.4. The second kappa shape index (κ2) is 5.57. The molecule has 0 aliphatic carbocycles. The lowest BCUT2D eigenvalue weighted by Crippen LogP contribution is -2.23. The van der Waals surface area contributed by atoms with Crippen LogP contribution in [0.3, 0.4) is 0 Å². The van der Waals surface area contributed by atoms with Crippen molar-refractivity contribution in [2.75, 3.05) is 0 Å². The molecule has 0 spiro atoms. The van der Waals surface area contributed by atoms with Gasteiger partial charge in [0.2, 0.25) is 0 Å². The maximum absolute atomic E-state index is 4.19. The van der Waals surface area contributed by atoms with E-state index in [-0.39, 0.29) is 0 Å². The molecule has 0 fully saturated rings. The van der Waals surface area contributed by atoms with Crippen molar-refractivity contribution in [3.8, 4) is 0 Å². The molecule has 0 radical (unpaired) electrons. The molecule has 0 N–H and O–H groups in total. The second-order valence-corrected chi connectivity index (χ2v) is 5.70. The van der Waals surface area contributed by atoms with Crippen molar-refractivity contribution in [3.63, 3.8) is 0 Å². The lowest BCUT2D eigenvalue weighted by atomic mass is 10.0. The van der Waals surface area contributed by atoms with Crippen molar-refractivity contribution >= 4 is 23.4 Å². The van der Waals surface area contributed by atoms with Crippen molar-refractivity contribution in [3.05, 3.63) is 81.7 Å². The summed E-state index contributed by atoms with van der Waals surface area (Å²) < 4.78 is 0. The summed E-state index contributed by atoms with van der Waals surface area (Å²) in [6.45, 7) is 8.51. The second-order valence-electron chi connectivity index (χ2n) is 5.70. The number of hydrogen-bond donors (Lipinski definition) is 0. The predicted octanol–water partition coefficient (Wildman–Crippen LogP) is 3.89. The summed E-state index contributed by atoms with van der Waals surface area (Å²) in [7, 11) is 0. The van der Waals surface area contributed by atoms with E-state index < -0.39 is 0 Å². The fourth-order valence-electron chi connectivity index (χ4n) is 2.87. The molecule has 0 atom stereocenters. The van der Waals surface area contributed by atoms with Crippen LogP contribution < -0.4 is 10.4 Å². The van der Waals surface area contributed by atoms with E-state index in [1.54, 1.807) is 0 Å². The molecule has 3 rings (SSSR count). The summed E-state index contributed by atoms with van der Waals surface area (Å²) >= 11 is 0. The molecular weight excluding hydrogens is 252 g/mol. The SMILES string of the molecule is C=c1ccc2ccccc2/c1=C/Cc1ccc(C)cc1C. The number of fused-ring (bicyclic) bond motifs is 1. The number of aryl methyl sites for hydroxylation is 2. The van der Waals surface area contributed by atoms with Gasteiger partial charge in [-0.1, -0.05) is 72.8 Å². The Balaban J connectivity index is 2.12. The molecule has 0 aromatic heterocycles. The smallest absolute Gasteiger partial charge is 0.00854 e. The van der Waals surface area contributed by atoms with Gasteiger partial charge < -0.3 is 0 Å². The van der Waals surface area contributed by atoms with E-state index in [1.165, 1.54) is 32.7 Å². The van der Waals surface area contributed by atoms with Crippen molar-refractivity contribution in [2.45, 2.75) is 20.3 Å². The molecule has 104 valence electrons. The summed E-state index contributed by atoms with van der Waals surface area (Å²) in [4.78, 5) is 0. The average Bonchev–Trinajstić information content (AvgIpc) is 2.48. The van der Waals surface area contributed by atoms with Gasteiger partial charge in [-0.15, -0.1) is 0 Å². The van der Waals surface area contributed by atoms with Crippen molar-refractivity contribution in [1.82, 2.24) is 0 Å². The standard InChI is InChI=1S/C21H20/c1-15-8-10-18(17(3)14-15)12-13-20-16(2)9-11-19-6-4-5-7-21(19)20/h4-11,13-14H,2,12H2,1,3H3/b20-13+. The quantitative estimate of drug-likeness (QED) is 0.664. The minimum absolute atomic E-state index is 0.947. The minimum atomic E-state index is 0.947. The van der Waals surface area contributed by atoms with Crippen molar-refractivity contribution < 1.29 is 0 Å². The Labute approximate surface area is 126 Å². The zero-order chi connectivity index (χ0) is 14.8. The molecule has 0 saturated carbocycles. The molecule has 0 amide bonds. The molecule has 3 aromatic carbocycles. The van der Waals surface area contributed by atoms with Crippen LogP contribution in [0.15, 0.2) is 54.6 Å². The summed E-state index contributed by atoms with van der Waals surface area (Å²) in [5, 5.41) is 4.91. The maximum Gasteiger partial charge on any atom is -0.00854 e. The molecule has 21 heavy (non-hydrogen) atoms. The van der Waals surface area contributed by atoms with Gasteiger partial charge in [-0.3, -0.25) is 0 Å². The Bertz CT molecular complexity index is 901. The first-order chi connectivity index (χ1) is 10.1. The van der Waals surface area contributed by atoms with E-state index in [1.807, 2.05) is 0 Å². The van der Waals surface area contributed by atoms with Crippen molar-refractivity contribution in [2.24, 2.45) is 0 Å². The van der Waals surface area contributed by atoms with Gasteiger partial charge in [0.1, 0.15) is 0 Å². The fourth-order valence-corrected chi connectivity index (χ4v) is 2.87. The number of rotatable bonds is 2. The molecule has 3 aromatic rings. The molecule has 0 aliphatic rings. The van der Waals surface area contributed by atoms with Gasteiger partial charge in [0.15, 0.2) is 0 Å². The van der Waals surface area contributed by atoms with Gasteiger partial charge in [-0.05, 0) is 52.6 Å². The zero-order valence-electron chi connectivity index (χ0n) is 12.7. The molecule has 0 nitrogen and oxygen atoms in total. The van der Waals surface area contributed by atoms with E-state index in [0.29, 0.717) is 0 Å². The first-order valence-corrected chi connectivity index (χ1v) is 7.38. The zero-order valence-corrected chi connectivity index (χ0v) is 12.7. The summed E-state index contributed by atoms with van der Waals surface area (Å²) in [6.07, 6.45) is 3.25. The van der Waals surface area contributed by atoms with Gasteiger partial charge >= 0.3 is 0 Å². The highest BCUT2D eigenvalue weighted by Gasteiger charge is 1.98. The first kappa shape index (κ1) is 13.6. The summed E-state index contributed by atoms with van der Waals surface area (Å²) in [5.74, 6) is 0. The van der Waals surface area contributed by atoms with Gasteiger partial charge in [0.05, 0.1) is 0 Å². The van der Waals surface area contributed by atoms with E-state index in [0.717, 1.165) is 11.6 Å². The lowest BCUT2D eigenvalue weighted by molar-refractivity contribution is 1.23. The van der Waals surface area contributed by atoms with Crippen LogP contribution in [0.4, 0.5) is 0 Å². The summed E-state index contributed by atoms with van der Waals surface area (Å²) in [5.41, 5.74) is 4.06. The minimum Gasteiger partial charge on any atom is -0.0911 e. The number of hydrogen-bond acceptors (Lipinski definition) is 0. The van der Waals surface area contributed by atoms with Gasteiger partial charge in [0, 0.05) is 0 Å². The third-order valence-corrected chi connectivity index (χ3v) is 4.09. The van der Waals surface area contributed by atoms with Crippen LogP contribution in [0.25, 0.3) is 23.4 Å². The molecule has 0 heterocycles. The van der Waals surface area contributed by atoms with Crippen LogP contribution in [0.2, 0.25) is 0 Å². The topological polar surface area (TPSA) is 0 Å². The van der Waals surface area contributed by atoms with Crippen LogP contribution >= 0.6 is 0 Å². The van der Waals surface area contributed by atoms with E-state index in [2.05, 4.69) is 81.1 Å². The fraction of sp³-hybridized carbons (Fsp3) is 0.143. The third-order valence-electron chi connectivity index (χ3n) is 4.09. The average molecular weight is 272 g/mol. The van der Waals surface area contributed by atoms with E-state index >= 15 is 0 Å². The van der Waals surface area contributed by atoms with Crippen LogP contribution in [0.5, 0.6) is 0 Å². The Morgan fingerprint density at radius 2 is 1.76 bits per heavy atom. The molecule has 0 heteroatoms. The highest BCUT2D eigenvalue weighted by molar-refractivity contribution is 5.83. The monoisotopic (exact) mass is 272 g/mol. The Morgan fingerprint density at radius 3 is 2.57 bits per heavy atom. The third kappa shape index (κ3) is 2.75. The van der Waals surface area contributed by atoms with Crippen molar-refractivity contribution in [1.29, 1.82) is 0 Å². The molecular formula is C21H20. The van der Waals surface area contributed by atoms with Gasteiger partial charge in [-0.2, -0.15) is 0 Å². The van der Waals surface area contributed by atoms with Gasteiger partial charge in [0.25, 0.3) is 0 Å². The highest BCUT2D eigenvalue weighted by Crippen LogP contribution is 2.12.